The van der Waals surface area contributed by atoms with Crippen LogP contribution in [0.3, 0.4) is 0 Å². The summed E-state index contributed by atoms with van der Waals surface area (Å²) in [6.07, 6.45) is 0.593. The van der Waals surface area contributed by atoms with Crippen LogP contribution in [-0.4, -0.2) is 66.4 Å². The molecule has 2 aliphatic rings. The van der Waals surface area contributed by atoms with Gasteiger partial charge >= 0.3 is 6.03 Å². The number of likely N-dealkylation sites (tertiary alicyclic amines) is 1. The van der Waals surface area contributed by atoms with Crippen molar-refractivity contribution in [2.45, 2.75) is 19.4 Å². The van der Waals surface area contributed by atoms with E-state index in [1.807, 2.05) is 9.80 Å². The summed E-state index contributed by atoms with van der Waals surface area (Å²) in [6.45, 7) is 5.91. The van der Waals surface area contributed by atoms with Gasteiger partial charge in [-0.3, -0.25) is 0 Å². The number of hydrogen-bond acceptors (Lipinski definition) is 3. The number of nitrogens with zero attached hydrogens (tertiary/aromatic N) is 2. The Morgan fingerprint density at radius 2 is 2.00 bits per heavy atom. The van der Waals surface area contributed by atoms with E-state index in [1.165, 1.54) is 0 Å². The SMILES string of the molecule is CC(O)C1CCN(C(=O)N2CCOCC2)C1. The highest BCUT2D eigenvalue weighted by Crippen LogP contribution is 2.21. The fraction of sp³-hybridized carbons (Fsp3) is 0.909. The van der Waals surface area contributed by atoms with Gasteiger partial charge in [0, 0.05) is 32.1 Å². The lowest BCUT2D eigenvalue weighted by Gasteiger charge is -2.31. The third-order valence-electron chi connectivity index (χ3n) is 3.46. The van der Waals surface area contributed by atoms with Gasteiger partial charge in [-0.1, -0.05) is 0 Å². The minimum Gasteiger partial charge on any atom is -0.393 e. The van der Waals surface area contributed by atoms with Crippen LogP contribution in [0.2, 0.25) is 0 Å². The molecule has 0 aromatic heterocycles. The average Bonchev–Trinajstić information content (AvgIpc) is 2.78. The molecule has 2 fully saturated rings. The van der Waals surface area contributed by atoms with Crippen molar-refractivity contribution in [2.75, 3.05) is 39.4 Å². The highest BCUT2D eigenvalue weighted by atomic mass is 16.5. The van der Waals surface area contributed by atoms with Gasteiger partial charge in [-0.25, -0.2) is 4.79 Å². The smallest absolute Gasteiger partial charge is 0.320 e. The molecule has 0 aromatic carbocycles. The lowest BCUT2D eigenvalue weighted by Crippen LogP contribution is -2.47. The van der Waals surface area contributed by atoms with E-state index < -0.39 is 0 Å². The molecule has 16 heavy (non-hydrogen) atoms. The molecule has 5 nitrogen and oxygen atoms in total. The normalized spacial score (nSPS) is 28.2. The lowest BCUT2D eigenvalue weighted by molar-refractivity contribution is 0.0440. The monoisotopic (exact) mass is 228 g/mol. The molecular weight excluding hydrogens is 208 g/mol. The molecule has 0 aromatic rings. The number of carbonyl (C=O) groups excluding carboxylic acids is 1. The number of amides is 2. The summed E-state index contributed by atoms with van der Waals surface area (Å²) in [6, 6.07) is 0.103. The lowest BCUT2D eigenvalue weighted by atomic mass is 10.0. The van der Waals surface area contributed by atoms with Crippen molar-refractivity contribution in [2.24, 2.45) is 5.92 Å². The minimum absolute atomic E-state index is 0.103. The molecule has 2 unspecified atom stereocenters. The largest absolute Gasteiger partial charge is 0.393 e. The molecule has 2 amide bonds. The van der Waals surface area contributed by atoms with Crippen LogP contribution in [0.15, 0.2) is 0 Å². The third-order valence-corrected chi connectivity index (χ3v) is 3.46. The van der Waals surface area contributed by atoms with Gasteiger partial charge in [0.15, 0.2) is 0 Å². The summed E-state index contributed by atoms with van der Waals surface area (Å²) in [7, 11) is 0. The van der Waals surface area contributed by atoms with Crippen molar-refractivity contribution in [1.29, 1.82) is 0 Å². The van der Waals surface area contributed by atoms with Gasteiger partial charge in [-0.2, -0.15) is 0 Å². The van der Waals surface area contributed by atoms with Gasteiger partial charge in [-0.15, -0.1) is 0 Å². The van der Waals surface area contributed by atoms with Crippen LogP contribution in [0, 0.1) is 5.92 Å². The standard InChI is InChI=1S/C11H20N2O3/c1-9(14)10-2-3-13(8-10)11(15)12-4-6-16-7-5-12/h9-10,14H,2-8H2,1H3. The van der Waals surface area contributed by atoms with Gasteiger partial charge in [0.1, 0.15) is 0 Å². The summed E-state index contributed by atoms with van der Waals surface area (Å²) >= 11 is 0. The Labute approximate surface area is 96.0 Å². The van der Waals surface area contributed by atoms with Crippen molar-refractivity contribution in [3.8, 4) is 0 Å². The Morgan fingerprint density at radius 1 is 1.31 bits per heavy atom. The van der Waals surface area contributed by atoms with E-state index in [1.54, 1.807) is 6.92 Å². The first kappa shape index (κ1) is 11.7. The summed E-state index contributed by atoms with van der Waals surface area (Å²) in [4.78, 5) is 15.8. The van der Waals surface area contributed by atoms with Crippen LogP contribution >= 0.6 is 0 Å². The predicted molar refractivity (Wildman–Crippen MR) is 59.1 cm³/mol. The molecule has 2 saturated heterocycles. The van der Waals surface area contributed by atoms with Gasteiger partial charge in [-0.05, 0) is 13.3 Å². The van der Waals surface area contributed by atoms with E-state index in [9.17, 15) is 9.90 Å². The van der Waals surface area contributed by atoms with Gasteiger partial charge in [0.25, 0.3) is 0 Å². The van der Waals surface area contributed by atoms with Crippen molar-refractivity contribution >= 4 is 6.03 Å². The molecule has 0 spiro atoms. The molecule has 0 radical (unpaired) electrons. The first-order chi connectivity index (χ1) is 7.68. The number of carbonyl (C=O) groups is 1. The number of morpholine rings is 1. The summed E-state index contributed by atoms with van der Waals surface area (Å²) < 4.78 is 5.22. The summed E-state index contributed by atoms with van der Waals surface area (Å²) in [5.41, 5.74) is 0. The van der Waals surface area contributed by atoms with Crippen molar-refractivity contribution in [3.63, 3.8) is 0 Å². The van der Waals surface area contributed by atoms with Crippen LogP contribution in [-0.2, 0) is 4.74 Å². The van der Waals surface area contributed by atoms with Crippen molar-refractivity contribution < 1.29 is 14.6 Å². The maximum Gasteiger partial charge on any atom is 0.320 e. The zero-order valence-corrected chi connectivity index (χ0v) is 9.76. The maximum absolute atomic E-state index is 12.1. The number of ether oxygens (including phenoxy) is 1. The van der Waals surface area contributed by atoms with Gasteiger partial charge < -0.3 is 19.6 Å². The number of urea groups is 1. The number of aliphatic hydroxyl groups excluding tert-OH is 1. The quantitative estimate of drug-likeness (QED) is 0.694. The third kappa shape index (κ3) is 2.47. The molecule has 1 N–H and O–H groups in total. The second-order valence-electron chi connectivity index (χ2n) is 4.62. The first-order valence-electron chi connectivity index (χ1n) is 5.98. The average molecular weight is 228 g/mol. The molecule has 0 aliphatic carbocycles. The highest BCUT2D eigenvalue weighted by molar-refractivity contribution is 5.74. The fourth-order valence-corrected chi connectivity index (χ4v) is 2.31. The second kappa shape index (κ2) is 5.01. The molecule has 0 bridgehead atoms. The van der Waals surface area contributed by atoms with Crippen LogP contribution in [0.5, 0.6) is 0 Å². The van der Waals surface area contributed by atoms with E-state index in [4.69, 9.17) is 4.74 Å². The zero-order chi connectivity index (χ0) is 11.5. The minimum atomic E-state index is -0.317. The Kier molecular flexibility index (Phi) is 3.66. The molecule has 5 heteroatoms. The van der Waals surface area contributed by atoms with Crippen LogP contribution < -0.4 is 0 Å². The van der Waals surface area contributed by atoms with Crippen LogP contribution in [0.4, 0.5) is 4.79 Å². The molecule has 2 aliphatic heterocycles. The molecule has 2 heterocycles. The van der Waals surface area contributed by atoms with Gasteiger partial charge in [0.05, 0.1) is 19.3 Å². The second-order valence-corrected chi connectivity index (χ2v) is 4.62. The van der Waals surface area contributed by atoms with Crippen LogP contribution in [0.1, 0.15) is 13.3 Å². The van der Waals surface area contributed by atoms with E-state index in [0.717, 1.165) is 13.0 Å². The molecular formula is C11H20N2O3. The number of aliphatic hydroxyl groups is 1. The van der Waals surface area contributed by atoms with E-state index in [2.05, 4.69) is 0 Å². The Bertz CT molecular complexity index is 252. The number of hydrogen-bond donors (Lipinski definition) is 1. The fourth-order valence-electron chi connectivity index (χ4n) is 2.31. The van der Waals surface area contributed by atoms with E-state index in [0.29, 0.717) is 32.8 Å². The zero-order valence-electron chi connectivity index (χ0n) is 9.76. The Balaban J connectivity index is 1.86. The van der Waals surface area contributed by atoms with E-state index >= 15 is 0 Å². The first-order valence-corrected chi connectivity index (χ1v) is 5.98. The Morgan fingerprint density at radius 3 is 2.56 bits per heavy atom. The molecule has 92 valence electrons. The number of rotatable bonds is 1. The van der Waals surface area contributed by atoms with Crippen molar-refractivity contribution in [3.05, 3.63) is 0 Å². The highest BCUT2D eigenvalue weighted by Gasteiger charge is 2.31. The topological polar surface area (TPSA) is 53.0 Å². The molecule has 0 saturated carbocycles. The van der Waals surface area contributed by atoms with E-state index in [-0.39, 0.29) is 18.1 Å². The summed E-state index contributed by atoms with van der Waals surface area (Å²) in [5.74, 6) is 0.241. The molecule has 2 atom stereocenters. The molecule has 2 rings (SSSR count). The Hall–Kier alpha value is -0.810. The van der Waals surface area contributed by atoms with Gasteiger partial charge in [0.2, 0.25) is 0 Å². The maximum atomic E-state index is 12.1. The van der Waals surface area contributed by atoms with Crippen LogP contribution in [0.25, 0.3) is 0 Å². The van der Waals surface area contributed by atoms with Crippen molar-refractivity contribution in [1.82, 2.24) is 9.80 Å². The predicted octanol–water partition coefficient (Wildman–Crippen LogP) is 0.141. The summed E-state index contributed by atoms with van der Waals surface area (Å²) in [5, 5.41) is 9.49.